The molecule has 2 aliphatic carbocycles. The number of rotatable bonds is 8. The second kappa shape index (κ2) is 10.4. The minimum atomic E-state index is -5.59. The van der Waals surface area contributed by atoms with Crippen LogP contribution in [0.3, 0.4) is 0 Å². The third-order valence-corrected chi connectivity index (χ3v) is 7.99. The van der Waals surface area contributed by atoms with Gasteiger partial charge in [-0.25, -0.2) is 4.39 Å². The summed E-state index contributed by atoms with van der Waals surface area (Å²) in [5.41, 5.74) is -0.101. The highest BCUT2D eigenvalue weighted by Crippen LogP contribution is 2.47. The van der Waals surface area contributed by atoms with E-state index in [1.54, 1.807) is 0 Å². The molecule has 1 unspecified atom stereocenters. The third-order valence-electron chi connectivity index (χ3n) is 7.99. The summed E-state index contributed by atoms with van der Waals surface area (Å²) in [5, 5.41) is 0. The van der Waals surface area contributed by atoms with Crippen LogP contribution in [0.5, 0.6) is 0 Å². The molecule has 2 fully saturated rings. The van der Waals surface area contributed by atoms with Gasteiger partial charge in [-0.2, -0.15) is 22.0 Å². The summed E-state index contributed by atoms with van der Waals surface area (Å²) in [5.74, 6) is -3.04. The normalized spacial score (nSPS) is 25.5. The lowest BCUT2D eigenvalue weighted by Crippen LogP contribution is -2.39. The van der Waals surface area contributed by atoms with Crippen LogP contribution in [0.25, 0.3) is 0 Å². The zero-order valence-electron chi connectivity index (χ0n) is 19.0. The molecule has 1 aromatic rings. The van der Waals surface area contributed by atoms with Crippen LogP contribution in [-0.2, 0) is 11.3 Å². The summed E-state index contributed by atoms with van der Waals surface area (Å²) >= 11 is 0. The minimum absolute atomic E-state index is 0.106. The van der Waals surface area contributed by atoms with Crippen LogP contribution in [0, 0.1) is 11.8 Å². The van der Waals surface area contributed by atoms with Crippen LogP contribution in [0.4, 0.5) is 26.3 Å². The summed E-state index contributed by atoms with van der Waals surface area (Å²) < 4.78 is 79.3. The second-order valence-corrected chi connectivity index (χ2v) is 10.2. The SMILES string of the molecule is CCCC1CCC(CCC2(c3ccc(C(F)(F)C(F)C(F)(F)F)cc3)CCCCC2)CC1. The van der Waals surface area contributed by atoms with Gasteiger partial charge in [0, 0.05) is 5.56 Å². The standard InChI is InChI=1S/C26H36F6/c1-2-6-19-7-9-20(10-8-19)15-18-24(16-4-3-5-17-24)21-11-13-22(14-12-21)25(28,29)23(27)26(30,31)32/h11-14,19-20,23H,2-10,15-18H2,1H3. The summed E-state index contributed by atoms with van der Waals surface area (Å²) in [4.78, 5) is 0. The maximum absolute atomic E-state index is 14.1. The average molecular weight is 463 g/mol. The van der Waals surface area contributed by atoms with Gasteiger partial charge in [-0.05, 0) is 48.5 Å². The van der Waals surface area contributed by atoms with Gasteiger partial charge in [-0.1, -0.05) is 89.0 Å². The molecule has 32 heavy (non-hydrogen) atoms. The van der Waals surface area contributed by atoms with Gasteiger partial charge in [0.25, 0.3) is 6.17 Å². The lowest BCUT2D eigenvalue weighted by atomic mass is 9.65. The first-order valence-corrected chi connectivity index (χ1v) is 12.3. The molecule has 0 amide bonds. The van der Waals surface area contributed by atoms with E-state index in [1.165, 1.54) is 50.7 Å². The van der Waals surface area contributed by atoms with Crippen molar-refractivity contribution in [1.82, 2.24) is 0 Å². The molecule has 0 heterocycles. The Morgan fingerprint density at radius 3 is 1.88 bits per heavy atom. The molecule has 0 spiro atoms. The van der Waals surface area contributed by atoms with Crippen LogP contribution in [-0.4, -0.2) is 12.3 Å². The van der Waals surface area contributed by atoms with Gasteiger partial charge < -0.3 is 0 Å². The predicted molar refractivity (Wildman–Crippen MR) is 116 cm³/mol. The third kappa shape index (κ3) is 5.83. The van der Waals surface area contributed by atoms with Crippen molar-refractivity contribution in [3.05, 3.63) is 35.4 Å². The zero-order chi connectivity index (χ0) is 23.4. The van der Waals surface area contributed by atoms with Gasteiger partial charge in [0.2, 0.25) is 0 Å². The zero-order valence-corrected chi connectivity index (χ0v) is 19.0. The van der Waals surface area contributed by atoms with Gasteiger partial charge in [0.15, 0.2) is 0 Å². The molecule has 3 rings (SSSR count). The maximum Gasteiger partial charge on any atom is 0.426 e. The summed E-state index contributed by atoms with van der Waals surface area (Å²) in [6.45, 7) is 2.23. The van der Waals surface area contributed by atoms with Crippen molar-refractivity contribution in [3.63, 3.8) is 0 Å². The molecule has 0 bridgehead atoms. The number of halogens is 6. The molecule has 6 heteroatoms. The monoisotopic (exact) mass is 462 g/mol. The Hall–Kier alpha value is -1.20. The van der Waals surface area contributed by atoms with Gasteiger partial charge in [-0.3, -0.25) is 0 Å². The highest BCUT2D eigenvalue weighted by molar-refractivity contribution is 5.32. The molecule has 0 nitrogen and oxygen atoms in total. The average Bonchev–Trinajstić information content (AvgIpc) is 2.78. The van der Waals surface area contributed by atoms with Crippen molar-refractivity contribution >= 4 is 0 Å². The van der Waals surface area contributed by atoms with E-state index in [9.17, 15) is 26.3 Å². The minimum Gasteiger partial charge on any atom is -0.230 e. The molecular formula is C26H36F6. The van der Waals surface area contributed by atoms with Crippen molar-refractivity contribution in [3.8, 4) is 0 Å². The molecule has 182 valence electrons. The van der Waals surface area contributed by atoms with E-state index < -0.39 is 23.8 Å². The number of hydrogen-bond donors (Lipinski definition) is 0. The summed E-state index contributed by atoms with van der Waals surface area (Å²) in [7, 11) is 0. The van der Waals surface area contributed by atoms with Crippen LogP contribution in [0.15, 0.2) is 24.3 Å². The quantitative estimate of drug-likeness (QED) is 0.338. The molecule has 1 atom stereocenters. The highest BCUT2D eigenvalue weighted by Gasteiger charge is 2.57. The number of benzene rings is 1. The topological polar surface area (TPSA) is 0 Å². The largest absolute Gasteiger partial charge is 0.426 e. The van der Waals surface area contributed by atoms with E-state index in [2.05, 4.69) is 6.92 Å². The Balaban J connectivity index is 1.71. The fraction of sp³-hybridized carbons (Fsp3) is 0.769. The molecule has 0 radical (unpaired) electrons. The Kier molecular flexibility index (Phi) is 8.25. The van der Waals surface area contributed by atoms with Crippen molar-refractivity contribution in [2.45, 2.75) is 114 Å². The van der Waals surface area contributed by atoms with Crippen LogP contribution < -0.4 is 0 Å². The number of alkyl halides is 6. The van der Waals surface area contributed by atoms with Crippen molar-refractivity contribution in [1.29, 1.82) is 0 Å². The van der Waals surface area contributed by atoms with Gasteiger partial charge >= 0.3 is 12.1 Å². The molecular weight excluding hydrogens is 426 g/mol. The maximum atomic E-state index is 14.1. The second-order valence-electron chi connectivity index (χ2n) is 10.2. The predicted octanol–water partition coefficient (Wildman–Crippen LogP) is 9.27. The van der Waals surface area contributed by atoms with E-state index in [0.29, 0.717) is 5.92 Å². The summed E-state index contributed by atoms with van der Waals surface area (Å²) in [6, 6.07) is 5.05. The lowest BCUT2D eigenvalue weighted by Gasteiger charge is -2.40. The fourth-order valence-corrected chi connectivity index (χ4v) is 6.01. The van der Waals surface area contributed by atoms with E-state index in [-0.39, 0.29) is 5.41 Å². The smallest absolute Gasteiger partial charge is 0.230 e. The molecule has 2 aliphatic rings. The molecule has 1 aromatic carbocycles. The lowest BCUT2D eigenvalue weighted by molar-refractivity contribution is -0.248. The van der Waals surface area contributed by atoms with Crippen molar-refractivity contribution < 1.29 is 26.3 Å². The Morgan fingerprint density at radius 1 is 0.844 bits per heavy atom. The molecule has 0 N–H and O–H groups in total. The first kappa shape index (κ1) is 25.4. The van der Waals surface area contributed by atoms with Crippen molar-refractivity contribution in [2.24, 2.45) is 11.8 Å². The molecule has 2 saturated carbocycles. The van der Waals surface area contributed by atoms with Gasteiger partial charge in [0.05, 0.1) is 0 Å². The number of hydrogen-bond acceptors (Lipinski definition) is 0. The van der Waals surface area contributed by atoms with Gasteiger partial charge in [-0.15, -0.1) is 0 Å². The first-order chi connectivity index (χ1) is 15.1. The van der Waals surface area contributed by atoms with Crippen LogP contribution >= 0.6 is 0 Å². The molecule has 0 aromatic heterocycles. The summed E-state index contributed by atoms with van der Waals surface area (Å²) in [6.07, 6.45) is 5.16. The van der Waals surface area contributed by atoms with Crippen LogP contribution in [0.1, 0.15) is 102 Å². The molecule has 0 saturated heterocycles. The van der Waals surface area contributed by atoms with E-state index >= 15 is 0 Å². The first-order valence-electron chi connectivity index (χ1n) is 12.3. The van der Waals surface area contributed by atoms with E-state index in [4.69, 9.17) is 0 Å². The Morgan fingerprint density at radius 2 is 1.38 bits per heavy atom. The Bertz CT molecular complexity index is 694. The van der Waals surface area contributed by atoms with E-state index in [1.807, 2.05) is 0 Å². The van der Waals surface area contributed by atoms with Crippen molar-refractivity contribution in [2.75, 3.05) is 0 Å². The fourth-order valence-electron chi connectivity index (χ4n) is 6.01. The van der Waals surface area contributed by atoms with Gasteiger partial charge in [0.1, 0.15) is 0 Å². The van der Waals surface area contributed by atoms with Crippen LogP contribution in [0.2, 0.25) is 0 Å². The van der Waals surface area contributed by atoms with E-state index in [0.717, 1.165) is 68.6 Å². The highest BCUT2D eigenvalue weighted by atomic mass is 19.4. The molecule has 0 aliphatic heterocycles. The Labute approximate surface area is 188 Å².